The Morgan fingerprint density at radius 2 is 1.42 bits per heavy atom. The van der Waals surface area contributed by atoms with Crippen LogP contribution in [-0.4, -0.2) is 9.97 Å². The molecule has 2 heterocycles. The van der Waals surface area contributed by atoms with Crippen molar-refractivity contribution in [3.63, 3.8) is 0 Å². The van der Waals surface area contributed by atoms with E-state index in [4.69, 9.17) is 16.5 Å². The predicted molar refractivity (Wildman–Crippen MR) is 201 cm³/mol. The maximum Gasteiger partial charge on any atom is 0.159 e. The minimum Gasteiger partial charge on any atom is -0.313 e. The lowest BCUT2D eigenvalue weighted by Crippen LogP contribution is -2.23. The molecule has 0 unspecified atom stereocenters. The van der Waals surface area contributed by atoms with Crippen molar-refractivity contribution in [3.05, 3.63) is 173 Å². The Morgan fingerprint density at radius 3 is 2.17 bits per heavy atom. The first-order chi connectivity index (χ1) is 23.3. The number of nitrogens with zero attached hydrogens (tertiary/aromatic N) is 3. The van der Waals surface area contributed by atoms with E-state index in [1.165, 1.54) is 44.5 Å². The van der Waals surface area contributed by atoms with Gasteiger partial charge in [-0.25, -0.2) is 9.97 Å². The normalized spacial score (nSPS) is 18.6. The fourth-order valence-electron chi connectivity index (χ4n) is 7.73. The fraction of sp³-hybridized carbons (Fsp3) is 0.156. The summed E-state index contributed by atoms with van der Waals surface area (Å²) in [7, 11) is 0. The number of hydrogen-bond acceptors (Lipinski definition) is 3. The van der Waals surface area contributed by atoms with Crippen molar-refractivity contribution < 1.29 is 0 Å². The van der Waals surface area contributed by atoms with Gasteiger partial charge in [-0.15, -0.1) is 0 Å². The summed E-state index contributed by atoms with van der Waals surface area (Å²) in [6.07, 6.45) is 13.3. The molecule has 8 rings (SSSR count). The van der Waals surface area contributed by atoms with Gasteiger partial charge < -0.3 is 4.90 Å². The summed E-state index contributed by atoms with van der Waals surface area (Å²) in [5.41, 5.74) is 17.2. The highest BCUT2D eigenvalue weighted by Gasteiger charge is 2.40. The first kappa shape index (κ1) is 29.8. The van der Waals surface area contributed by atoms with Gasteiger partial charge in [-0.1, -0.05) is 135 Å². The smallest absolute Gasteiger partial charge is 0.159 e. The molecule has 48 heavy (non-hydrogen) atoms. The Hall–Kier alpha value is -5.54. The number of allylic oxidation sites excluding steroid dienone is 8. The van der Waals surface area contributed by atoms with Gasteiger partial charge >= 0.3 is 0 Å². The predicted octanol–water partition coefficient (Wildman–Crippen LogP) is 11.8. The van der Waals surface area contributed by atoms with Crippen LogP contribution in [0.25, 0.3) is 39.3 Å². The van der Waals surface area contributed by atoms with E-state index >= 15 is 0 Å². The van der Waals surface area contributed by atoms with Gasteiger partial charge in [0.15, 0.2) is 5.82 Å². The van der Waals surface area contributed by atoms with E-state index < -0.39 is 0 Å². The highest BCUT2D eigenvalue weighted by molar-refractivity contribution is 5.98. The third-order valence-corrected chi connectivity index (χ3v) is 10.3. The molecular weight excluding hydrogens is 583 g/mol. The summed E-state index contributed by atoms with van der Waals surface area (Å²) in [4.78, 5) is 12.7. The number of aromatic nitrogens is 2. The van der Waals surface area contributed by atoms with Crippen molar-refractivity contribution in [2.75, 3.05) is 4.90 Å². The Kier molecular flexibility index (Phi) is 7.22. The molecule has 0 saturated carbocycles. The molecule has 0 bridgehead atoms. The highest BCUT2D eigenvalue weighted by atomic mass is 15.2. The zero-order valence-corrected chi connectivity index (χ0v) is 28.1. The average Bonchev–Trinajstić information content (AvgIpc) is 3.36. The molecule has 0 fully saturated rings. The summed E-state index contributed by atoms with van der Waals surface area (Å²) < 4.78 is 0. The van der Waals surface area contributed by atoms with Crippen molar-refractivity contribution in [1.29, 1.82) is 0 Å². The van der Waals surface area contributed by atoms with Crippen molar-refractivity contribution in [1.82, 2.24) is 9.97 Å². The van der Waals surface area contributed by atoms with Gasteiger partial charge in [0.25, 0.3) is 0 Å². The van der Waals surface area contributed by atoms with Gasteiger partial charge in [0.2, 0.25) is 0 Å². The molecule has 0 amide bonds. The van der Waals surface area contributed by atoms with Crippen LogP contribution in [0.5, 0.6) is 0 Å². The molecule has 3 nitrogen and oxygen atoms in total. The highest BCUT2D eigenvalue weighted by Crippen LogP contribution is 2.56. The summed E-state index contributed by atoms with van der Waals surface area (Å²) in [5.74, 6) is 0.703. The third kappa shape index (κ3) is 4.73. The SMILES string of the molecule is C=C1/C(C)=C(C2=C(C)CCC=C2)\C=C/N(c2cnc(-c3ccccc3)nc2-c2ccccc2)c2c1ccc1c2C(C)(C)c2ccccc2-1. The van der Waals surface area contributed by atoms with Gasteiger partial charge in [0.1, 0.15) is 0 Å². The molecule has 1 aromatic heterocycles. The molecule has 0 N–H and O–H groups in total. The van der Waals surface area contributed by atoms with Crippen LogP contribution >= 0.6 is 0 Å². The van der Waals surface area contributed by atoms with E-state index in [0.717, 1.165) is 52.2 Å². The summed E-state index contributed by atoms with van der Waals surface area (Å²) in [6.45, 7) is 14.0. The van der Waals surface area contributed by atoms with Gasteiger partial charge in [-0.2, -0.15) is 0 Å². The van der Waals surface area contributed by atoms with Crippen LogP contribution in [0.4, 0.5) is 11.4 Å². The topological polar surface area (TPSA) is 29.0 Å². The Balaban J connectivity index is 1.45. The first-order valence-corrected chi connectivity index (χ1v) is 16.8. The van der Waals surface area contributed by atoms with Gasteiger partial charge in [0.05, 0.1) is 23.3 Å². The molecule has 4 aromatic carbocycles. The van der Waals surface area contributed by atoms with Crippen LogP contribution in [0.1, 0.15) is 57.2 Å². The Morgan fingerprint density at radius 1 is 0.729 bits per heavy atom. The molecular formula is C45H39N3. The number of rotatable bonds is 4. The molecule has 1 aliphatic heterocycles. The first-order valence-electron chi connectivity index (χ1n) is 16.8. The van der Waals surface area contributed by atoms with Crippen LogP contribution in [0.2, 0.25) is 0 Å². The summed E-state index contributed by atoms with van der Waals surface area (Å²) in [6, 6.07) is 34.1. The number of fused-ring (bicyclic) bond motifs is 5. The van der Waals surface area contributed by atoms with Crippen LogP contribution in [0, 0.1) is 0 Å². The monoisotopic (exact) mass is 621 g/mol. The fourth-order valence-corrected chi connectivity index (χ4v) is 7.73. The second-order valence-corrected chi connectivity index (χ2v) is 13.6. The van der Waals surface area contributed by atoms with Crippen molar-refractivity contribution in [2.24, 2.45) is 0 Å². The van der Waals surface area contributed by atoms with Crippen molar-refractivity contribution in [3.8, 4) is 33.8 Å². The Bertz CT molecular complexity index is 2230. The minimum absolute atomic E-state index is 0.244. The maximum atomic E-state index is 5.30. The molecule has 2 aliphatic carbocycles. The second kappa shape index (κ2) is 11.6. The van der Waals surface area contributed by atoms with E-state index in [2.05, 4.69) is 136 Å². The molecule has 3 aliphatic rings. The minimum atomic E-state index is -0.244. The lowest BCUT2D eigenvalue weighted by atomic mass is 9.78. The molecule has 0 spiro atoms. The van der Waals surface area contributed by atoms with Crippen LogP contribution in [-0.2, 0) is 5.41 Å². The average molecular weight is 622 g/mol. The summed E-state index contributed by atoms with van der Waals surface area (Å²) in [5, 5.41) is 0. The number of hydrogen-bond donors (Lipinski definition) is 0. The molecule has 0 radical (unpaired) electrons. The largest absolute Gasteiger partial charge is 0.313 e. The van der Waals surface area contributed by atoms with Gasteiger partial charge in [0, 0.05) is 28.3 Å². The quantitative estimate of drug-likeness (QED) is 0.200. The lowest BCUT2D eigenvalue weighted by molar-refractivity contribution is 0.660. The second-order valence-electron chi connectivity index (χ2n) is 13.6. The van der Waals surface area contributed by atoms with Crippen molar-refractivity contribution >= 4 is 16.9 Å². The van der Waals surface area contributed by atoms with Crippen LogP contribution in [0.15, 0.2) is 157 Å². The van der Waals surface area contributed by atoms with E-state index in [9.17, 15) is 0 Å². The van der Waals surface area contributed by atoms with Gasteiger partial charge in [-0.3, -0.25) is 0 Å². The molecule has 5 aromatic rings. The van der Waals surface area contributed by atoms with Crippen LogP contribution < -0.4 is 4.90 Å². The lowest BCUT2D eigenvalue weighted by Gasteiger charge is -2.34. The zero-order valence-electron chi connectivity index (χ0n) is 28.1. The van der Waals surface area contributed by atoms with E-state index in [1.54, 1.807) is 0 Å². The molecule has 0 atom stereocenters. The number of benzene rings is 4. The standard InChI is InChI=1S/C45H39N3/c1-29-16-12-13-21-34(29)35-26-27-48(40-28-46-44(33-19-10-7-11-20-33)47-42(40)32-17-8-6-9-18-32)43-36(31(3)30(35)2)24-25-38-37-22-14-15-23-39(37)45(4,5)41(38)43/h6-11,13-15,17-28H,3,12,16H2,1-2,4-5H3/b27-26-,35-30+. The summed E-state index contributed by atoms with van der Waals surface area (Å²) >= 11 is 0. The van der Waals surface area contributed by atoms with E-state index in [-0.39, 0.29) is 5.41 Å². The van der Waals surface area contributed by atoms with E-state index in [0.29, 0.717) is 5.82 Å². The maximum absolute atomic E-state index is 5.30. The van der Waals surface area contributed by atoms with Crippen LogP contribution in [0.3, 0.4) is 0 Å². The number of anilines is 2. The van der Waals surface area contributed by atoms with E-state index in [1.807, 2.05) is 24.4 Å². The molecule has 234 valence electrons. The van der Waals surface area contributed by atoms with Crippen molar-refractivity contribution in [2.45, 2.75) is 46.0 Å². The molecule has 0 saturated heterocycles. The third-order valence-electron chi connectivity index (χ3n) is 10.3. The zero-order chi connectivity index (χ0) is 33.0. The molecule has 3 heteroatoms. The Labute approximate surface area is 284 Å². The van der Waals surface area contributed by atoms with Gasteiger partial charge in [-0.05, 0) is 77.3 Å².